The maximum atomic E-state index is 10.6. The average Bonchev–Trinajstić information content (AvgIpc) is 2.06. The van der Waals surface area contributed by atoms with Gasteiger partial charge < -0.3 is 11.1 Å². The van der Waals surface area contributed by atoms with Crippen LogP contribution in [0.2, 0.25) is 0 Å². The van der Waals surface area contributed by atoms with E-state index >= 15 is 0 Å². The highest BCUT2D eigenvalue weighted by molar-refractivity contribution is 5.92. The van der Waals surface area contributed by atoms with Crippen LogP contribution >= 0.6 is 0 Å². The van der Waals surface area contributed by atoms with Crippen LogP contribution in [0, 0.1) is 0 Å². The zero-order chi connectivity index (χ0) is 8.97. The molecule has 0 saturated heterocycles. The lowest BCUT2D eigenvalue weighted by Crippen LogP contribution is -2.11. The number of amides is 1. The second-order valence-electron chi connectivity index (χ2n) is 2.33. The summed E-state index contributed by atoms with van der Waals surface area (Å²) in [7, 11) is 0. The lowest BCUT2D eigenvalue weighted by atomic mass is 10.3. The molecule has 0 aliphatic heterocycles. The average molecular weight is 165 g/mol. The molecule has 1 rings (SSSR count). The zero-order valence-electron chi connectivity index (χ0n) is 6.87. The van der Waals surface area contributed by atoms with Crippen LogP contribution in [-0.2, 0) is 0 Å². The van der Waals surface area contributed by atoms with Gasteiger partial charge in [0.05, 0.1) is 5.56 Å². The van der Waals surface area contributed by atoms with Gasteiger partial charge in [0.25, 0.3) is 0 Å². The highest BCUT2D eigenvalue weighted by Gasteiger charge is 1.99. The molecule has 0 aromatic carbocycles. The van der Waals surface area contributed by atoms with Crippen LogP contribution in [0.1, 0.15) is 17.3 Å². The van der Waals surface area contributed by atoms with Crippen molar-refractivity contribution in [2.45, 2.75) is 6.92 Å². The molecule has 12 heavy (non-hydrogen) atoms. The Balaban J connectivity index is 2.78. The van der Waals surface area contributed by atoms with Crippen molar-refractivity contribution in [1.29, 1.82) is 0 Å². The van der Waals surface area contributed by atoms with Gasteiger partial charge in [-0.25, -0.2) is 4.98 Å². The van der Waals surface area contributed by atoms with Crippen molar-refractivity contribution in [1.82, 2.24) is 4.98 Å². The van der Waals surface area contributed by atoms with Crippen molar-refractivity contribution < 1.29 is 4.79 Å². The van der Waals surface area contributed by atoms with Crippen LogP contribution in [0.25, 0.3) is 0 Å². The normalized spacial score (nSPS) is 9.42. The Morgan fingerprint density at radius 2 is 2.42 bits per heavy atom. The van der Waals surface area contributed by atoms with Crippen molar-refractivity contribution in [3.8, 4) is 0 Å². The van der Waals surface area contributed by atoms with E-state index in [1.807, 2.05) is 6.92 Å². The molecule has 0 saturated carbocycles. The molecule has 1 aromatic heterocycles. The molecule has 0 unspecified atom stereocenters. The molecular formula is C8H11N3O. The van der Waals surface area contributed by atoms with Gasteiger partial charge in [-0.1, -0.05) is 0 Å². The summed E-state index contributed by atoms with van der Waals surface area (Å²) in [5.74, 6) is 0.299. The third-order valence-corrected chi connectivity index (χ3v) is 1.41. The van der Waals surface area contributed by atoms with Crippen LogP contribution in [0.3, 0.4) is 0 Å². The van der Waals surface area contributed by atoms with Crippen LogP contribution in [0.15, 0.2) is 18.3 Å². The molecule has 0 spiro atoms. The SMILES string of the molecule is CCNc1ccc(C(N)=O)cn1. The highest BCUT2D eigenvalue weighted by Crippen LogP contribution is 2.03. The molecular weight excluding hydrogens is 154 g/mol. The minimum absolute atomic E-state index is 0.427. The van der Waals surface area contributed by atoms with Gasteiger partial charge in [-0.3, -0.25) is 4.79 Å². The van der Waals surface area contributed by atoms with E-state index < -0.39 is 5.91 Å². The van der Waals surface area contributed by atoms with Crippen LogP contribution in [-0.4, -0.2) is 17.4 Å². The third kappa shape index (κ3) is 1.95. The first-order valence-corrected chi connectivity index (χ1v) is 3.73. The summed E-state index contributed by atoms with van der Waals surface area (Å²) in [5.41, 5.74) is 5.47. The molecule has 0 aliphatic rings. The van der Waals surface area contributed by atoms with E-state index in [-0.39, 0.29) is 0 Å². The lowest BCUT2D eigenvalue weighted by Gasteiger charge is -2.01. The minimum Gasteiger partial charge on any atom is -0.370 e. The summed E-state index contributed by atoms with van der Waals surface area (Å²) in [6.07, 6.45) is 1.46. The second kappa shape index (κ2) is 3.71. The molecule has 1 heterocycles. The zero-order valence-corrected chi connectivity index (χ0v) is 6.87. The maximum Gasteiger partial charge on any atom is 0.250 e. The Bertz CT molecular complexity index is 268. The number of hydrogen-bond donors (Lipinski definition) is 2. The van der Waals surface area contributed by atoms with E-state index in [1.165, 1.54) is 6.20 Å². The molecule has 1 amide bonds. The third-order valence-electron chi connectivity index (χ3n) is 1.41. The van der Waals surface area contributed by atoms with E-state index in [9.17, 15) is 4.79 Å². The molecule has 4 heteroatoms. The van der Waals surface area contributed by atoms with E-state index in [4.69, 9.17) is 5.73 Å². The first-order chi connectivity index (χ1) is 5.74. The highest BCUT2D eigenvalue weighted by atomic mass is 16.1. The van der Waals surface area contributed by atoms with E-state index in [0.29, 0.717) is 5.56 Å². The number of hydrogen-bond acceptors (Lipinski definition) is 3. The number of aromatic nitrogens is 1. The van der Waals surface area contributed by atoms with Gasteiger partial charge in [-0.05, 0) is 19.1 Å². The molecule has 0 atom stereocenters. The number of rotatable bonds is 3. The van der Waals surface area contributed by atoms with Crippen molar-refractivity contribution in [3.63, 3.8) is 0 Å². The molecule has 0 fully saturated rings. The van der Waals surface area contributed by atoms with Gasteiger partial charge >= 0.3 is 0 Å². The lowest BCUT2D eigenvalue weighted by molar-refractivity contribution is 0.1000. The first-order valence-electron chi connectivity index (χ1n) is 3.73. The van der Waals surface area contributed by atoms with E-state index in [1.54, 1.807) is 12.1 Å². The molecule has 64 valence electrons. The Kier molecular flexibility index (Phi) is 2.63. The summed E-state index contributed by atoms with van der Waals surface area (Å²) in [6.45, 7) is 2.78. The number of carbonyl (C=O) groups excluding carboxylic acids is 1. The predicted molar refractivity (Wildman–Crippen MR) is 46.9 cm³/mol. The minimum atomic E-state index is -0.453. The number of nitrogens with two attached hydrogens (primary N) is 1. The van der Waals surface area contributed by atoms with Crippen molar-refractivity contribution in [2.24, 2.45) is 5.73 Å². The maximum absolute atomic E-state index is 10.6. The smallest absolute Gasteiger partial charge is 0.250 e. The summed E-state index contributed by atoms with van der Waals surface area (Å²) in [6, 6.07) is 3.37. The van der Waals surface area contributed by atoms with E-state index in [0.717, 1.165) is 12.4 Å². The fraction of sp³-hybridized carbons (Fsp3) is 0.250. The van der Waals surface area contributed by atoms with Gasteiger partial charge in [-0.2, -0.15) is 0 Å². The standard InChI is InChI=1S/C8H11N3O/c1-2-10-7-4-3-6(5-11-7)8(9)12/h3-5H,2H2,1H3,(H2,9,12)(H,10,11). The fourth-order valence-electron chi connectivity index (χ4n) is 0.825. The summed E-state index contributed by atoms with van der Waals surface area (Å²) >= 11 is 0. The van der Waals surface area contributed by atoms with Gasteiger partial charge in [0.2, 0.25) is 5.91 Å². The van der Waals surface area contributed by atoms with E-state index in [2.05, 4.69) is 10.3 Å². The van der Waals surface area contributed by atoms with Crippen LogP contribution < -0.4 is 11.1 Å². The fourth-order valence-corrected chi connectivity index (χ4v) is 0.825. The van der Waals surface area contributed by atoms with Crippen LogP contribution in [0.5, 0.6) is 0 Å². The van der Waals surface area contributed by atoms with Crippen molar-refractivity contribution in [3.05, 3.63) is 23.9 Å². The first kappa shape index (κ1) is 8.52. The monoisotopic (exact) mass is 165 g/mol. The largest absolute Gasteiger partial charge is 0.370 e. The summed E-state index contributed by atoms with van der Waals surface area (Å²) in [5, 5.41) is 3.01. The van der Waals surface area contributed by atoms with Gasteiger partial charge in [-0.15, -0.1) is 0 Å². The molecule has 0 radical (unpaired) electrons. The Labute approximate surface area is 70.8 Å². The quantitative estimate of drug-likeness (QED) is 0.689. The number of nitrogens with one attached hydrogen (secondary N) is 1. The van der Waals surface area contributed by atoms with Gasteiger partial charge in [0.15, 0.2) is 0 Å². The molecule has 0 bridgehead atoms. The van der Waals surface area contributed by atoms with Gasteiger partial charge in [0.1, 0.15) is 5.82 Å². The number of primary amides is 1. The summed E-state index contributed by atoms with van der Waals surface area (Å²) in [4.78, 5) is 14.6. The predicted octanol–water partition coefficient (Wildman–Crippen LogP) is 0.612. The molecule has 0 aliphatic carbocycles. The molecule has 1 aromatic rings. The second-order valence-corrected chi connectivity index (χ2v) is 2.33. The topological polar surface area (TPSA) is 68.0 Å². The van der Waals surface area contributed by atoms with Gasteiger partial charge in [0, 0.05) is 12.7 Å². The molecule has 4 nitrogen and oxygen atoms in total. The Hall–Kier alpha value is -1.58. The molecule has 3 N–H and O–H groups in total. The number of anilines is 1. The number of pyridine rings is 1. The van der Waals surface area contributed by atoms with Crippen LogP contribution in [0.4, 0.5) is 5.82 Å². The Morgan fingerprint density at radius 3 is 2.83 bits per heavy atom. The van der Waals surface area contributed by atoms with Crippen molar-refractivity contribution in [2.75, 3.05) is 11.9 Å². The summed E-state index contributed by atoms with van der Waals surface area (Å²) < 4.78 is 0. The number of nitrogens with zero attached hydrogens (tertiary/aromatic N) is 1. The van der Waals surface area contributed by atoms with Crippen molar-refractivity contribution >= 4 is 11.7 Å². The number of carbonyl (C=O) groups is 1. The Morgan fingerprint density at radius 1 is 1.67 bits per heavy atom.